The summed E-state index contributed by atoms with van der Waals surface area (Å²) in [6.07, 6.45) is 1.20. The molecule has 0 spiro atoms. The second kappa shape index (κ2) is 4.35. The van der Waals surface area contributed by atoms with Crippen molar-refractivity contribution in [3.8, 4) is 16.2 Å². The van der Waals surface area contributed by atoms with Gasteiger partial charge in [-0.05, 0) is 25.0 Å². The highest BCUT2D eigenvalue weighted by Crippen LogP contribution is 2.46. The molecule has 1 aliphatic rings. The van der Waals surface area contributed by atoms with Crippen LogP contribution in [0.4, 0.5) is 0 Å². The normalized spacial score (nSPS) is 13.9. The van der Waals surface area contributed by atoms with Gasteiger partial charge in [-0.25, -0.2) is 0 Å². The molecule has 1 aromatic carbocycles. The Morgan fingerprint density at radius 2 is 1.84 bits per heavy atom. The molecule has 1 heterocycles. The Hall–Kier alpha value is -0.800. The number of benzene rings is 1. The molecule has 0 saturated heterocycles. The largest absolute Gasteiger partial charge is 0.508 e. The van der Waals surface area contributed by atoms with Gasteiger partial charge in [-0.3, -0.25) is 4.55 Å². The smallest absolute Gasteiger partial charge is 0.295 e. The molecule has 0 radical (unpaired) electrons. The summed E-state index contributed by atoms with van der Waals surface area (Å²) in [7, 11) is -1.54. The van der Waals surface area contributed by atoms with Crippen molar-refractivity contribution in [3.05, 3.63) is 27.1 Å². The van der Waals surface area contributed by atoms with E-state index in [2.05, 4.69) is 0 Å². The fourth-order valence-electron chi connectivity index (χ4n) is 2.26. The molecule has 0 saturated carbocycles. The third-order valence-corrected chi connectivity index (χ3v) is 7.16. The van der Waals surface area contributed by atoms with Gasteiger partial charge < -0.3 is 5.11 Å². The van der Waals surface area contributed by atoms with Gasteiger partial charge in [-0.2, -0.15) is 8.42 Å². The van der Waals surface area contributed by atoms with Crippen LogP contribution in [0.25, 0.3) is 10.4 Å². The molecule has 0 aliphatic heterocycles. The van der Waals surface area contributed by atoms with Crippen LogP contribution < -0.4 is 0 Å². The predicted octanol–water partition coefficient (Wildman–Crippen LogP) is 3.26. The molecule has 1 aliphatic carbocycles. The molecule has 2 aromatic rings. The van der Waals surface area contributed by atoms with Gasteiger partial charge in [0, 0.05) is 16.7 Å². The minimum absolute atomic E-state index is 0.0531. The highest BCUT2D eigenvalue weighted by atomic mass is 32.9. The average Bonchev–Trinajstić information content (AvgIpc) is 2.70. The van der Waals surface area contributed by atoms with E-state index < -0.39 is 10.1 Å². The first kappa shape index (κ1) is 13.2. The number of hydrogen-bond acceptors (Lipinski definition) is 6. The molecule has 0 unspecified atom stereocenters. The number of hydrogen-bond donors (Lipinski definition) is 2. The number of fused-ring (bicyclic) bond motifs is 3. The molecule has 0 atom stereocenters. The van der Waals surface area contributed by atoms with Gasteiger partial charge >= 0.3 is 0 Å². The van der Waals surface area contributed by atoms with E-state index in [4.69, 9.17) is 12.2 Å². The first-order valence-electron chi connectivity index (χ1n) is 5.34. The SMILES string of the molecule is O=S(=O)(O)c1ccc(O)c2c1-c1ssc(=S)c1CC2. The molecule has 0 amide bonds. The summed E-state index contributed by atoms with van der Waals surface area (Å²) >= 11 is 5.23. The lowest BCUT2D eigenvalue weighted by molar-refractivity contribution is 0.465. The van der Waals surface area contributed by atoms with E-state index >= 15 is 0 Å². The average molecular weight is 332 g/mol. The van der Waals surface area contributed by atoms with Crippen LogP contribution in [0.5, 0.6) is 5.75 Å². The lowest BCUT2D eigenvalue weighted by Crippen LogP contribution is -2.08. The molecule has 0 bridgehead atoms. The lowest BCUT2D eigenvalue weighted by atomic mass is 9.91. The van der Waals surface area contributed by atoms with E-state index in [9.17, 15) is 18.1 Å². The van der Waals surface area contributed by atoms with Gasteiger partial charge in [0.2, 0.25) is 0 Å². The lowest BCUT2D eigenvalue weighted by Gasteiger charge is -2.19. The number of phenolic OH excluding ortho intramolecular Hbond substituents is 1. The number of phenols is 1. The molecule has 4 nitrogen and oxygen atoms in total. The van der Waals surface area contributed by atoms with Crippen molar-refractivity contribution in [2.75, 3.05) is 0 Å². The van der Waals surface area contributed by atoms with Gasteiger partial charge in [0.05, 0.1) is 4.88 Å². The maximum atomic E-state index is 11.5. The first-order valence-corrected chi connectivity index (χ1v) is 9.34. The highest BCUT2D eigenvalue weighted by molar-refractivity contribution is 7.86. The summed E-state index contributed by atoms with van der Waals surface area (Å²) in [4.78, 5) is 0.588. The molecule has 8 heteroatoms. The summed E-state index contributed by atoms with van der Waals surface area (Å²) in [6, 6.07) is 2.53. The van der Waals surface area contributed by atoms with E-state index in [1.54, 1.807) is 0 Å². The molecular formula is C11H8O4S4. The Bertz CT molecular complexity index is 829. The second-order valence-corrected chi connectivity index (χ2v) is 8.38. The molecule has 19 heavy (non-hydrogen) atoms. The topological polar surface area (TPSA) is 74.6 Å². The van der Waals surface area contributed by atoms with Gasteiger partial charge in [0.1, 0.15) is 14.5 Å². The highest BCUT2D eigenvalue weighted by Gasteiger charge is 2.28. The van der Waals surface area contributed by atoms with Gasteiger partial charge in [-0.15, -0.1) is 0 Å². The molecule has 1 aromatic heterocycles. The summed E-state index contributed by atoms with van der Waals surface area (Å²) in [5.41, 5.74) is 1.90. The van der Waals surface area contributed by atoms with Crippen LogP contribution in [0.2, 0.25) is 0 Å². The Balaban J connectivity index is 2.45. The van der Waals surface area contributed by atoms with E-state index in [-0.39, 0.29) is 10.6 Å². The van der Waals surface area contributed by atoms with Gasteiger partial charge in [-0.1, -0.05) is 32.9 Å². The zero-order valence-corrected chi connectivity index (χ0v) is 12.7. The fourth-order valence-corrected chi connectivity index (χ4v) is 6.11. The number of rotatable bonds is 1. The fraction of sp³-hybridized carbons (Fsp3) is 0.182. The van der Waals surface area contributed by atoms with Crippen LogP contribution in [0, 0.1) is 3.82 Å². The molecule has 3 rings (SSSR count). The quantitative estimate of drug-likeness (QED) is 0.476. The molecule has 2 N–H and O–H groups in total. The summed E-state index contributed by atoms with van der Waals surface area (Å²) < 4.78 is 33.1. The second-order valence-electron chi connectivity index (χ2n) is 4.17. The Morgan fingerprint density at radius 3 is 2.53 bits per heavy atom. The zero-order chi connectivity index (χ0) is 13.8. The van der Waals surface area contributed by atoms with Gasteiger partial charge in [0.15, 0.2) is 0 Å². The monoisotopic (exact) mass is 332 g/mol. The van der Waals surface area contributed by atoms with Crippen molar-refractivity contribution < 1.29 is 18.1 Å². The Labute approximate surface area is 122 Å². The van der Waals surface area contributed by atoms with E-state index in [1.165, 1.54) is 32.8 Å². The molecule has 100 valence electrons. The Morgan fingerprint density at radius 1 is 1.16 bits per heavy atom. The van der Waals surface area contributed by atoms with Crippen LogP contribution in [0.15, 0.2) is 17.0 Å². The third kappa shape index (κ3) is 2.03. The van der Waals surface area contributed by atoms with E-state index in [0.717, 1.165) is 14.3 Å². The van der Waals surface area contributed by atoms with E-state index in [1.807, 2.05) is 0 Å². The van der Waals surface area contributed by atoms with Crippen molar-refractivity contribution in [3.63, 3.8) is 0 Å². The van der Waals surface area contributed by atoms with E-state index in [0.29, 0.717) is 24.0 Å². The molecule has 0 fully saturated rings. The predicted molar refractivity (Wildman–Crippen MR) is 77.4 cm³/mol. The van der Waals surface area contributed by atoms with Crippen molar-refractivity contribution >= 4 is 43.0 Å². The third-order valence-electron chi connectivity index (χ3n) is 3.10. The van der Waals surface area contributed by atoms with Crippen molar-refractivity contribution in [2.45, 2.75) is 17.7 Å². The van der Waals surface area contributed by atoms with Crippen LogP contribution >= 0.6 is 32.9 Å². The van der Waals surface area contributed by atoms with Crippen LogP contribution in [-0.2, 0) is 23.0 Å². The van der Waals surface area contributed by atoms with Gasteiger partial charge in [0.25, 0.3) is 10.1 Å². The first-order chi connectivity index (χ1) is 8.89. The summed E-state index contributed by atoms with van der Waals surface area (Å²) in [5, 5.41) is 9.88. The van der Waals surface area contributed by atoms with Crippen LogP contribution in [0.1, 0.15) is 11.1 Å². The standard InChI is InChI=1S/C11H8O4S4/c12-7-3-4-8(19(13,14)15)9-5(7)1-2-6-10(9)17-18-11(6)16/h3-4,12H,1-2H2,(H,13,14,15). The number of aromatic hydroxyl groups is 1. The van der Waals surface area contributed by atoms with Crippen LogP contribution in [-0.4, -0.2) is 18.1 Å². The molecular weight excluding hydrogens is 324 g/mol. The minimum atomic E-state index is -4.33. The van der Waals surface area contributed by atoms with Crippen molar-refractivity contribution in [2.24, 2.45) is 0 Å². The Kier molecular flexibility index (Phi) is 3.02. The zero-order valence-electron chi connectivity index (χ0n) is 9.41. The minimum Gasteiger partial charge on any atom is -0.508 e. The van der Waals surface area contributed by atoms with Crippen molar-refractivity contribution in [1.82, 2.24) is 0 Å². The van der Waals surface area contributed by atoms with Crippen molar-refractivity contribution in [1.29, 1.82) is 0 Å². The maximum Gasteiger partial charge on any atom is 0.295 e. The summed E-state index contributed by atoms with van der Waals surface area (Å²) in [5.74, 6) is 0.0531. The summed E-state index contributed by atoms with van der Waals surface area (Å²) in [6.45, 7) is 0. The van der Waals surface area contributed by atoms with Crippen LogP contribution in [0.3, 0.4) is 0 Å². The maximum absolute atomic E-state index is 11.5.